The molecule has 6 heteroatoms. The van der Waals surface area contributed by atoms with Gasteiger partial charge in [0.05, 0.1) is 11.5 Å². The highest BCUT2D eigenvalue weighted by Crippen LogP contribution is 2.20. The van der Waals surface area contributed by atoms with Gasteiger partial charge in [0.15, 0.2) is 0 Å². The third-order valence-corrected chi connectivity index (χ3v) is 4.71. The Morgan fingerprint density at radius 1 is 1.18 bits per heavy atom. The molecule has 0 atom stereocenters. The number of hydrogen-bond donors (Lipinski definition) is 1. The van der Waals surface area contributed by atoms with Crippen molar-refractivity contribution >= 4 is 10.0 Å². The standard InChI is InChI=1S/C16H18FNO3S/c1-3-21-15-7-5-4-6-13(15)11-18-22(19,20)16-9-8-14(17)10-12(16)2/h4-10,18H,3,11H2,1-2H3. The normalized spacial score (nSPS) is 11.4. The minimum Gasteiger partial charge on any atom is -0.494 e. The van der Waals surface area contributed by atoms with Crippen molar-refractivity contribution in [2.45, 2.75) is 25.3 Å². The number of aryl methyl sites for hydroxylation is 1. The summed E-state index contributed by atoms with van der Waals surface area (Å²) in [5.74, 6) is 0.182. The van der Waals surface area contributed by atoms with Crippen molar-refractivity contribution in [3.05, 3.63) is 59.4 Å². The number of sulfonamides is 1. The molecule has 2 aromatic rings. The molecule has 2 rings (SSSR count). The average molecular weight is 323 g/mol. The molecule has 0 bridgehead atoms. The zero-order valence-corrected chi connectivity index (χ0v) is 13.3. The average Bonchev–Trinajstić information content (AvgIpc) is 2.46. The van der Waals surface area contributed by atoms with Crippen LogP contribution in [0.5, 0.6) is 5.75 Å². The van der Waals surface area contributed by atoms with Gasteiger partial charge in [0.2, 0.25) is 10.0 Å². The number of rotatable bonds is 6. The highest BCUT2D eigenvalue weighted by atomic mass is 32.2. The number of para-hydroxylation sites is 1. The SMILES string of the molecule is CCOc1ccccc1CNS(=O)(=O)c1ccc(F)cc1C. The molecule has 2 aromatic carbocycles. The first-order valence-electron chi connectivity index (χ1n) is 6.90. The van der Waals surface area contributed by atoms with E-state index in [0.717, 1.165) is 11.6 Å². The topological polar surface area (TPSA) is 55.4 Å². The van der Waals surface area contributed by atoms with Crippen LogP contribution in [0.2, 0.25) is 0 Å². The van der Waals surface area contributed by atoms with E-state index in [-0.39, 0.29) is 11.4 Å². The molecule has 0 heterocycles. The summed E-state index contributed by atoms with van der Waals surface area (Å²) in [6.07, 6.45) is 0. The third kappa shape index (κ3) is 3.84. The Balaban J connectivity index is 2.20. The lowest BCUT2D eigenvalue weighted by Gasteiger charge is -2.12. The lowest BCUT2D eigenvalue weighted by Crippen LogP contribution is -2.24. The molecule has 4 nitrogen and oxygen atoms in total. The molecule has 0 spiro atoms. The first-order valence-corrected chi connectivity index (χ1v) is 8.39. The smallest absolute Gasteiger partial charge is 0.241 e. The van der Waals surface area contributed by atoms with Gasteiger partial charge in [-0.15, -0.1) is 0 Å². The van der Waals surface area contributed by atoms with Crippen molar-refractivity contribution in [2.75, 3.05) is 6.61 Å². The highest BCUT2D eigenvalue weighted by Gasteiger charge is 2.17. The lowest BCUT2D eigenvalue weighted by molar-refractivity contribution is 0.336. The van der Waals surface area contributed by atoms with E-state index in [4.69, 9.17) is 4.74 Å². The van der Waals surface area contributed by atoms with Crippen molar-refractivity contribution in [2.24, 2.45) is 0 Å². The first-order chi connectivity index (χ1) is 10.4. The molecule has 0 radical (unpaired) electrons. The second-order valence-corrected chi connectivity index (χ2v) is 6.51. The highest BCUT2D eigenvalue weighted by molar-refractivity contribution is 7.89. The molecule has 0 aliphatic rings. The van der Waals surface area contributed by atoms with E-state index in [1.54, 1.807) is 19.1 Å². The van der Waals surface area contributed by atoms with Crippen LogP contribution in [-0.4, -0.2) is 15.0 Å². The van der Waals surface area contributed by atoms with E-state index in [1.807, 2.05) is 19.1 Å². The van der Waals surface area contributed by atoms with Gasteiger partial charge >= 0.3 is 0 Å². The van der Waals surface area contributed by atoms with Crippen LogP contribution in [0.25, 0.3) is 0 Å². The Kier molecular flexibility index (Phi) is 5.15. The van der Waals surface area contributed by atoms with Gasteiger partial charge in [-0.1, -0.05) is 18.2 Å². The predicted molar refractivity (Wildman–Crippen MR) is 82.8 cm³/mol. The van der Waals surface area contributed by atoms with Crippen molar-refractivity contribution in [3.8, 4) is 5.75 Å². The number of benzene rings is 2. The second-order valence-electron chi connectivity index (χ2n) is 4.78. The quantitative estimate of drug-likeness (QED) is 0.889. The molecule has 0 saturated heterocycles. The van der Waals surface area contributed by atoms with E-state index < -0.39 is 15.8 Å². The van der Waals surface area contributed by atoms with Crippen LogP contribution >= 0.6 is 0 Å². The van der Waals surface area contributed by atoms with Crippen molar-refractivity contribution in [1.29, 1.82) is 0 Å². The van der Waals surface area contributed by atoms with E-state index in [0.29, 0.717) is 17.9 Å². The number of halogens is 1. The van der Waals surface area contributed by atoms with Crippen molar-refractivity contribution in [1.82, 2.24) is 4.72 Å². The second kappa shape index (κ2) is 6.89. The lowest BCUT2D eigenvalue weighted by atomic mass is 10.2. The third-order valence-electron chi connectivity index (χ3n) is 3.15. The summed E-state index contributed by atoms with van der Waals surface area (Å²) in [6, 6.07) is 10.8. The van der Waals surface area contributed by atoms with Gasteiger partial charge in [0.25, 0.3) is 0 Å². The Labute approximate surface area is 130 Å². The summed E-state index contributed by atoms with van der Waals surface area (Å²) in [4.78, 5) is 0.0720. The molecular weight excluding hydrogens is 305 g/mol. The van der Waals surface area contributed by atoms with E-state index >= 15 is 0 Å². The maximum absolute atomic E-state index is 13.1. The summed E-state index contributed by atoms with van der Waals surface area (Å²) in [5.41, 5.74) is 1.11. The summed E-state index contributed by atoms with van der Waals surface area (Å²) in [5, 5.41) is 0. The van der Waals surface area contributed by atoms with Crippen molar-refractivity contribution in [3.63, 3.8) is 0 Å². The van der Waals surface area contributed by atoms with E-state index in [2.05, 4.69) is 4.72 Å². The Morgan fingerprint density at radius 3 is 2.59 bits per heavy atom. The van der Waals surface area contributed by atoms with Gasteiger partial charge in [-0.3, -0.25) is 0 Å². The molecule has 0 amide bonds. The van der Waals surface area contributed by atoms with Gasteiger partial charge in [0, 0.05) is 12.1 Å². The monoisotopic (exact) mass is 323 g/mol. The van der Waals surface area contributed by atoms with Crippen LogP contribution < -0.4 is 9.46 Å². The predicted octanol–water partition coefficient (Wildman–Crippen LogP) is 3.01. The van der Waals surface area contributed by atoms with Crippen LogP contribution in [0, 0.1) is 12.7 Å². The van der Waals surface area contributed by atoms with Crippen LogP contribution in [0.15, 0.2) is 47.4 Å². The molecule has 0 fully saturated rings. The molecule has 0 aliphatic carbocycles. The zero-order valence-electron chi connectivity index (χ0n) is 12.5. The fourth-order valence-electron chi connectivity index (χ4n) is 2.11. The number of ether oxygens (including phenoxy) is 1. The van der Waals surface area contributed by atoms with Crippen molar-refractivity contribution < 1.29 is 17.5 Å². The van der Waals surface area contributed by atoms with Gasteiger partial charge < -0.3 is 4.74 Å². The summed E-state index contributed by atoms with van der Waals surface area (Å²) < 4.78 is 45.7. The van der Waals surface area contributed by atoms with Crippen LogP contribution in [0.4, 0.5) is 4.39 Å². The summed E-state index contributed by atoms with van der Waals surface area (Å²) >= 11 is 0. The molecule has 0 aliphatic heterocycles. The Hall–Kier alpha value is -1.92. The Bertz CT molecular complexity index is 760. The molecular formula is C16H18FNO3S. The van der Waals surface area contributed by atoms with E-state index in [9.17, 15) is 12.8 Å². The van der Waals surface area contributed by atoms with E-state index in [1.165, 1.54) is 12.1 Å². The molecule has 0 unspecified atom stereocenters. The first kappa shape index (κ1) is 16.5. The summed E-state index contributed by atoms with van der Waals surface area (Å²) in [6.45, 7) is 4.03. The van der Waals surface area contributed by atoms with Gasteiger partial charge in [-0.2, -0.15) is 0 Å². The van der Waals surface area contributed by atoms with Crippen LogP contribution in [0.3, 0.4) is 0 Å². The molecule has 22 heavy (non-hydrogen) atoms. The molecule has 0 aromatic heterocycles. The number of hydrogen-bond acceptors (Lipinski definition) is 3. The Morgan fingerprint density at radius 2 is 1.91 bits per heavy atom. The molecule has 1 N–H and O–H groups in total. The molecule has 118 valence electrons. The van der Waals surface area contributed by atoms with Gasteiger partial charge in [-0.05, 0) is 43.7 Å². The maximum atomic E-state index is 13.1. The zero-order chi connectivity index (χ0) is 16.2. The fourth-order valence-corrected chi connectivity index (χ4v) is 3.34. The minimum atomic E-state index is -3.71. The maximum Gasteiger partial charge on any atom is 0.241 e. The minimum absolute atomic E-state index is 0.0720. The van der Waals surface area contributed by atoms with Gasteiger partial charge in [-0.25, -0.2) is 17.5 Å². The largest absolute Gasteiger partial charge is 0.494 e. The molecule has 0 saturated carbocycles. The number of nitrogens with one attached hydrogen (secondary N) is 1. The fraction of sp³-hybridized carbons (Fsp3) is 0.250. The summed E-state index contributed by atoms with van der Waals surface area (Å²) in [7, 11) is -3.71. The van der Waals surface area contributed by atoms with Crippen LogP contribution in [-0.2, 0) is 16.6 Å². The van der Waals surface area contributed by atoms with Gasteiger partial charge in [0.1, 0.15) is 11.6 Å². The van der Waals surface area contributed by atoms with Crippen LogP contribution in [0.1, 0.15) is 18.1 Å².